The second-order valence-electron chi connectivity index (χ2n) is 5.42. The van der Waals surface area contributed by atoms with Gasteiger partial charge in [0.15, 0.2) is 0 Å². The van der Waals surface area contributed by atoms with Crippen molar-refractivity contribution in [1.82, 2.24) is 4.90 Å². The van der Waals surface area contributed by atoms with Gasteiger partial charge in [0.05, 0.1) is 0 Å². The molecule has 0 aliphatic heterocycles. The van der Waals surface area contributed by atoms with E-state index in [1.54, 1.807) is 11.3 Å². The van der Waals surface area contributed by atoms with Gasteiger partial charge in [-0.15, -0.1) is 11.3 Å². The van der Waals surface area contributed by atoms with Gasteiger partial charge in [0.2, 0.25) is 5.91 Å². The van der Waals surface area contributed by atoms with E-state index in [0.717, 1.165) is 25.1 Å². The number of nitrogens with one attached hydrogen (secondary N) is 1. The van der Waals surface area contributed by atoms with Crippen molar-refractivity contribution in [3.05, 3.63) is 52.2 Å². The standard InChI is InChI=1S/C17H22N2OS/c1-19(2)13-14-6-3-7-15(12-14)18-17(20)10-4-8-16-9-5-11-21-16/h3,5-7,9,11-12H,4,8,10,13H2,1-2H3,(H,18,20). The van der Waals surface area contributed by atoms with E-state index < -0.39 is 0 Å². The van der Waals surface area contributed by atoms with Crippen LogP contribution in [0.25, 0.3) is 0 Å². The van der Waals surface area contributed by atoms with Crippen molar-refractivity contribution < 1.29 is 4.79 Å². The number of carbonyl (C=O) groups is 1. The highest BCUT2D eigenvalue weighted by molar-refractivity contribution is 7.09. The van der Waals surface area contributed by atoms with Gasteiger partial charge in [-0.2, -0.15) is 0 Å². The fourth-order valence-electron chi connectivity index (χ4n) is 2.21. The van der Waals surface area contributed by atoms with Crippen LogP contribution in [-0.2, 0) is 17.8 Å². The SMILES string of the molecule is CN(C)Cc1cccc(NC(=O)CCCc2cccs2)c1. The Balaban J connectivity index is 1.79. The average molecular weight is 302 g/mol. The number of hydrogen-bond acceptors (Lipinski definition) is 3. The minimum atomic E-state index is 0.0913. The number of benzene rings is 1. The minimum Gasteiger partial charge on any atom is -0.326 e. The molecule has 1 amide bonds. The van der Waals surface area contributed by atoms with Crippen LogP contribution in [0.1, 0.15) is 23.3 Å². The highest BCUT2D eigenvalue weighted by Gasteiger charge is 2.04. The highest BCUT2D eigenvalue weighted by Crippen LogP contribution is 2.14. The lowest BCUT2D eigenvalue weighted by molar-refractivity contribution is -0.116. The van der Waals surface area contributed by atoms with Gasteiger partial charge in [0, 0.05) is 23.5 Å². The molecule has 0 atom stereocenters. The third-order valence-corrected chi connectivity index (χ3v) is 4.05. The number of rotatable bonds is 7. The average Bonchev–Trinajstić information content (AvgIpc) is 2.91. The minimum absolute atomic E-state index is 0.0913. The molecule has 2 rings (SSSR count). The zero-order chi connectivity index (χ0) is 15.1. The molecule has 0 radical (unpaired) electrons. The Labute approximate surface area is 130 Å². The van der Waals surface area contributed by atoms with Crippen molar-refractivity contribution in [3.63, 3.8) is 0 Å². The van der Waals surface area contributed by atoms with Crippen LogP contribution in [0.4, 0.5) is 5.69 Å². The first kappa shape index (κ1) is 15.7. The zero-order valence-electron chi connectivity index (χ0n) is 12.6. The summed E-state index contributed by atoms with van der Waals surface area (Å²) in [4.78, 5) is 15.4. The van der Waals surface area contributed by atoms with Crippen molar-refractivity contribution in [2.45, 2.75) is 25.8 Å². The summed E-state index contributed by atoms with van der Waals surface area (Å²) in [6.07, 6.45) is 2.44. The van der Waals surface area contributed by atoms with Crippen LogP contribution in [-0.4, -0.2) is 24.9 Å². The first-order valence-corrected chi connectivity index (χ1v) is 8.07. The first-order chi connectivity index (χ1) is 10.1. The van der Waals surface area contributed by atoms with E-state index >= 15 is 0 Å². The Morgan fingerprint density at radius 1 is 1.24 bits per heavy atom. The molecule has 21 heavy (non-hydrogen) atoms. The molecule has 0 spiro atoms. The summed E-state index contributed by atoms with van der Waals surface area (Å²) in [5, 5.41) is 5.06. The van der Waals surface area contributed by atoms with Crippen LogP contribution in [0, 0.1) is 0 Å². The van der Waals surface area contributed by atoms with Crippen LogP contribution in [0.15, 0.2) is 41.8 Å². The Hall–Kier alpha value is -1.65. The summed E-state index contributed by atoms with van der Waals surface area (Å²) in [6, 6.07) is 12.2. The molecule has 2 aromatic rings. The molecule has 1 aromatic heterocycles. The molecule has 0 fully saturated rings. The molecule has 1 heterocycles. The lowest BCUT2D eigenvalue weighted by Gasteiger charge is -2.11. The summed E-state index contributed by atoms with van der Waals surface area (Å²) in [5.41, 5.74) is 2.09. The molecule has 1 N–H and O–H groups in total. The predicted octanol–water partition coefficient (Wildman–Crippen LogP) is 3.77. The zero-order valence-corrected chi connectivity index (χ0v) is 13.5. The molecule has 4 heteroatoms. The van der Waals surface area contributed by atoms with Crippen LogP contribution >= 0.6 is 11.3 Å². The Kier molecular flexibility index (Phi) is 5.96. The number of nitrogens with zero attached hydrogens (tertiary/aromatic N) is 1. The quantitative estimate of drug-likeness (QED) is 0.844. The molecule has 112 valence electrons. The number of amides is 1. The third kappa shape index (κ3) is 5.69. The second-order valence-corrected chi connectivity index (χ2v) is 6.45. The molecule has 0 saturated carbocycles. The Morgan fingerprint density at radius 3 is 2.81 bits per heavy atom. The van der Waals surface area contributed by atoms with Crippen LogP contribution in [0.5, 0.6) is 0 Å². The van der Waals surface area contributed by atoms with Crippen LogP contribution < -0.4 is 5.32 Å². The van der Waals surface area contributed by atoms with Gasteiger partial charge in [0.25, 0.3) is 0 Å². The molecular formula is C17H22N2OS. The van der Waals surface area contributed by atoms with Crippen molar-refractivity contribution in [2.75, 3.05) is 19.4 Å². The van der Waals surface area contributed by atoms with Gasteiger partial charge in [0.1, 0.15) is 0 Å². The molecular weight excluding hydrogens is 280 g/mol. The van der Waals surface area contributed by atoms with E-state index in [0.29, 0.717) is 6.42 Å². The largest absolute Gasteiger partial charge is 0.326 e. The molecule has 0 aliphatic rings. The molecule has 0 saturated heterocycles. The van der Waals surface area contributed by atoms with Gasteiger partial charge in [-0.05, 0) is 56.1 Å². The Morgan fingerprint density at radius 2 is 2.10 bits per heavy atom. The molecule has 0 unspecified atom stereocenters. The van der Waals surface area contributed by atoms with E-state index in [1.165, 1.54) is 10.4 Å². The molecule has 0 bridgehead atoms. The first-order valence-electron chi connectivity index (χ1n) is 7.19. The van der Waals surface area contributed by atoms with Crippen molar-refractivity contribution in [1.29, 1.82) is 0 Å². The summed E-state index contributed by atoms with van der Waals surface area (Å²) < 4.78 is 0. The molecule has 1 aromatic carbocycles. The molecule has 0 aliphatic carbocycles. The maximum absolute atomic E-state index is 12.0. The Bertz CT molecular complexity index is 564. The maximum Gasteiger partial charge on any atom is 0.224 e. The lowest BCUT2D eigenvalue weighted by atomic mass is 10.1. The number of hydrogen-bond donors (Lipinski definition) is 1. The fraction of sp³-hybridized carbons (Fsp3) is 0.353. The van der Waals surface area contributed by atoms with E-state index in [9.17, 15) is 4.79 Å². The van der Waals surface area contributed by atoms with E-state index in [1.807, 2.05) is 32.3 Å². The summed E-state index contributed by atoms with van der Waals surface area (Å²) in [6.45, 7) is 0.877. The van der Waals surface area contributed by atoms with Crippen LogP contribution in [0.2, 0.25) is 0 Å². The van der Waals surface area contributed by atoms with Gasteiger partial charge < -0.3 is 10.2 Å². The normalized spacial score (nSPS) is 10.8. The lowest BCUT2D eigenvalue weighted by Crippen LogP contribution is -2.13. The van der Waals surface area contributed by atoms with Crippen molar-refractivity contribution in [2.24, 2.45) is 0 Å². The predicted molar refractivity (Wildman–Crippen MR) is 89.7 cm³/mol. The topological polar surface area (TPSA) is 32.3 Å². The van der Waals surface area contributed by atoms with Crippen molar-refractivity contribution in [3.8, 4) is 0 Å². The summed E-state index contributed by atoms with van der Waals surface area (Å²) in [7, 11) is 4.08. The van der Waals surface area contributed by atoms with Gasteiger partial charge in [-0.1, -0.05) is 18.2 Å². The summed E-state index contributed by atoms with van der Waals surface area (Å²) in [5.74, 6) is 0.0913. The third-order valence-electron chi connectivity index (χ3n) is 3.12. The number of carbonyl (C=O) groups excluding carboxylic acids is 1. The van der Waals surface area contributed by atoms with Gasteiger partial charge >= 0.3 is 0 Å². The van der Waals surface area contributed by atoms with Crippen LogP contribution in [0.3, 0.4) is 0 Å². The number of aryl methyl sites for hydroxylation is 1. The van der Waals surface area contributed by atoms with E-state index in [4.69, 9.17) is 0 Å². The maximum atomic E-state index is 12.0. The van der Waals surface area contributed by atoms with Gasteiger partial charge in [-0.25, -0.2) is 0 Å². The van der Waals surface area contributed by atoms with Crippen molar-refractivity contribution >= 4 is 22.9 Å². The summed E-state index contributed by atoms with van der Waals surface area (Å²) >= 11 is 1.75. The van der Waals surface area contributed by atoms with E-state index in [2.05, 4.69) is 33.8 Å². The van der Waals surface area contributed by atoms with Gasteiger partial charge in [-0.3, -0.25) is 4.79 Å². The van der Waals surface area contributed by atoms with E-state index in [-0.39, 0.29) is 5.91 Å². The number of thiophene rings is 1. The number of anilines is 1. The fourth-order valence-corrected chi connectivity index (χ4v) is 2.97. The highest BCUT2D eigenvalue weighted by atomic mass is 32.1. The monoisotopic (exact) mass is 302 g/mol. The second kappa shape index (κ2) is 7.96. The molecule has 3 nitrogen and oxygen atoms in total. The smallest absolute Gasteiger partial charge is 0.224 e.